The molecule has 5 heterocycles. The van der Waals surface area contributed by atoms with Crippen LogP contribution >= 0.6 is 0 Å². The van der Waals surface area contributed by atoms with E-state index in [1.165, 1.54) is 12.8 Å². The number of nitrogens with two attached hydrogens (primary N) is 1. The SMILES string of the molecule is C/C=C/C(=O)N1CC(Cn2c(-c3cc4cccnc4n3CC3CC3)nc3cc(C(=O)N4CC5CCC4[C@@H]5N)cc(OC)c32)C1. The summed E-state index contributed by atoms with van der Waals surface area (Å²) in [6.45, 7) is 5.52. The van der Waals surface area contributed by atoms with Crippen LogP contribution in [0.4, 0.5) is 0 Å². The zero-order valence-corrected chi connectivity index (χ0v) is 25.4. The molecule has 3 atom stereocenters. The molecule has 10 nitrogen and oxygen atoms in total. The van der Waals surface area contributed by atoms with Gasteiger partial charge in [0, 0.05) is 67.9 Å². The highest BCUT2D eigenvalue weighted by atomic mass is 16.5. The Morgan fingerprint density at radius 1 is 1.05 bits per heavy atom. The van der Waals surface area contributed by atoms with Crippen molar-refractivity contribution in [1.82, 2.24) is 28.9 Å². The van der Waals surface area contributed by atoms with Crippen molar-refractivity contribution in [3.8, 4) is 17.3 Å². The van der Waals surface area contributed by atoms with Gasteiger partial charge in [0.15, 0.2) is 5.82 Å². The summed E-state index contributed by atoms with van der Waals surface area (Å²) >= 11 is 0. The van der Waals surface area contributed by atoms with Crippen molar-refractivity contribution in [3.63, 3.8) is 0 Å². The topological polar surface area (TPSA) is 112 Å². The van der Waals surface area contributed by atoms with Crippen LogP contribution in [0, 0.1) is 17.8 Å². The van der Waals surface area contributed by atoms with Gasteiger partial charge in [-0.05, 0) is 80.9 Å². The van der Waals surface area contributed by atoms with Crippen LogP contribution in [-0.2, 0) is 17.9 Å². The molecule has 0 spiro atoms. The molecule has 4 aliphatic rings. The molecule has 0 radical (unpaired) electrons. The summed E-state index contributed by atoms with van der Waals surface area (Å²) in [5.41, 5.74) is 10.6. The molecule has 2 N–H and O–H groups in total. The van der Waals surface area contributed by atoms with Crippen LogP contribution in [0.3, 0.4) is 0 Å². The van der Waals surface area contributed by atoms with Crippen molar-refractivity contribution in [2.45, 2.75) is 57.8 Å². The molecule has 2 aliphatic heterocycles. The fourth-order valence-corrected chi connectivity index (χ4v) is 7.72. The highest BCUT2D eigenvalue weighted by molar-refractivity contribution is 6.00. The summed E-state index contributed by atoms with van der Waals surface area (Å²) in [5.74, 6) is 2.79. The number of aromatic nitrogens is 4. The van der Waals surface area contributed by atoms with Gasteiger partial charge in [-0.3, -0.25) is 9.59 Å². The number of pyridine rings is 1. The molecule has 2 aliphatic carbocycles. The lowest BCUT2D eigenvalue weighted by Gasteiger charge is -2.39. The lowest BCUT2D eigenvalue weighted by Crippen LogP contribution is -2.50. The Morgan fingerprint density at radius 3 is 2.57 bits per heavy atom. The fraction of sp³-hybridized carbons (Fsp3) is 0.471. The maximum Gasteiger partial charge on any atom is 0.254 e. The van der Waals surface area contributed by atoms with Gasteiger partial charge in [-0.25, -0.2) is 9.97 Å². The standard InChI is InChI=1S/C34H39N7O3/c1-3-5-29(42)38-15-21(16-38)18-41-31-25(12-24(14-28(31)44-2)34(43)40-19-23-9-10-26(40)30(23)35)37-33(41)27-13-22-6-4-11-36-32(22)39(27)17-20-7-8-20/h3-6,11-14,20-21,23,26,30H,7-10,15-19,35H2,1-2H3/b5-3+/t23?,26?,30-/m1/s1. The normalized spacial score (nSPS) is 23.4. The number of rotatable bonds is 8. The Hall–Kier alpha value is -4.18. The number of hydrogen-bond acceptors (Lipinski definition) is 6. The molecule has 8 rings (SSSR count). The number of ether oxygens (including phenoxy) is 1. The van der Waals surface area contributed by atoms with Gasteiger partial charge in [0.05, 0.1) is 18.3 Å². The first-order valence-corrected chi connectivity index (χ1v) is 15.9. The van der Waals surface area contributed by atoms with Crippen LogP contribution in [0.15, 0.2) is 48.7 Å². The van der Waals surface area contributed by atoms with Crippen LogP contribution in [-0.4, -0.2) is 79.5 Å². The summed E-state index contributed by atoms with van der Waals surface area (Å²) in [6, 6.07) is 10.2. The molecular weight excluding hydrogens is 554 g/mol. The molecule has 10 heteroatoms. The molecule has 2 unspecified atom stereocenters. The van der Waals surface area contributed by atoms with E-state index in [2.05, 4.69) is 21.3 Å². The van der Waals surface area contributed by atoms with E-state index in [0.717, 1.165) is 53.0 Å². The van der Waals surface area contributed by atoms with Gasteiger partial charge in [-0.15, -0.1) is 0 Å². The van der Waals surface area contributed by atoms with E-state index in [1.807, 2.05) is 41.1 Å². The average Bonchev–Trinajstić information content (AvgIpc) is 3.36. The third kappa shape index (κ3) is 4.41. The van der Waals surface area contributed by atoms with Crippen molar-refractivity contribution in [2.24, 2.45) is 23.5 Å². The fourth-order valence-electron chi connectivity index (χ4n) is 7.72. The summed E-state index contributed by atoms with van der Waals surface area (Å²) in [4.78, 5) is 40.2. The van der Waals surface area contributed by atoms with Gasteiger partial charge in [0.2, 0.25) is 5.91 Å². The van der Waals surface area contributed by atoms with Gasteiger partial charge in [0.25, 0.3) is 5.91 Å². The summed E-state index contributed by atoms with van der Waals surface area (Å²) in [6.07, 6.45) is 9.76. The van der Waals surface area contributed by atoms with E-state index in [9.17, 15) is 9.59 Å². The van der Waals surface area contributed by atoms with Gasteiger partial charge in [-0.1, -0.05) is 6.08 Å². The zero-order valence-electron chi connectivity index (χ0n) is 25.4. The Kier molecular flexibility index (Phi) is 6.51. The van der Waals surface area contributed by atoms with E-state index >= 15 is 0 Å². The van der Waals surface area contributed by atoms with Crippen molar-refractivity contribution < 1.29 is 14.3 Å². The smallest absolute Gasteiger partial charge is 0.254 e. The number of carbonyl (C=O) groups excluding carboxylic acids is 2. The van der Waals surface area contributed by atoms with Crippen LogP contribution < -0.4 is 10.5 Å². The third-order valence-electron chi connectivity index (χ3n) is 10.2. The highest BCUT2D eigenvalue weighted by Gasteiger charge is 2.47. The molecule has 228 valence electrons. The van der Waals surface area contributed by atoms with Crippen LogP contribution in [0.1, 0.15) is 43.0 Å². The minimum Gasteiger partial charge on any atom is -0.494 e. The molecule has 4 aromatic rings. The number of imidazole rings is 1. The van der Waals surface area contributed by atoms with Gasteiger partial charge in [0.1, 0.15) is 16.9 Å². The first-order chi connectivity index (χ1) is 21.4. The van der Waals surface area contributed by atoms with E-state index in [4.69, 9.17) is 20.4 Å². The van der Waals surface area contributed by atoms with Gasteiger partial charge < -0.3 is 29.4 Å². The van der Waals surface area contributed by atoms with Crippen molar-refractivity contribution in [3.05, 3.63) is 54.2 Å². The number of piperidine rings is 1. The second-order valence-corrected chi connectivity index (χ2v) is 13.1. The Bertz CT molecular complexity index is 1810. The lowest BCUT2D eigenvalue weighted by molar-refractivity contribution is -0.132. The average molecular weight is 594 g/mol. The minimum atomic E-state index is -0.00637. The summed E-state index contributed by atoms with van der Waals surface area (Å²) < 4.78 is 10.6. The molecule has 3 aromatic heterocycles. The third-order valence-corrected chi connectivity index (χ3v) is 10.2. The van der Waals surface area contributed by atoms with Crippen LogP contribution in [0.25, 0.3) is 33.6 Å². The Morgan fingerprint density at radius 2 is 1.86 bits per heavy atom. The first kappa shape index (κ1) is 27.4. The van der Waals surface area contributed by atoms with E-state index < -0.39 is 0 Å². The number of carbonyl (C=O) groups is 2. The molecular formula is C34H39N7O3. The maximum absolute atomic E-state index is 13.9. The van der Waals surface area contributed by atoms with Crippen molar-refractivity contribution >= 4 is 33.9 Å². The number of nitrogens with zero attached hydrogens (tertiary/aromatic N) is 6. The van der Waals surface area contributed by atoms with Crippen molar-refractivity contribution in [1.29, 1.82) is 0 Å². The van der Waals surface area contributed by atoms with Gasteiger partial charge >= 0.3 is 0 Å². The van der Waals surface area contributed by atoms with Crippen LogP contribution in [0.2, 0.25) is 0 Å². The first-order valence-electron chi connectivity index (χ1n) is 15.9. The molecule has 2 saturated heterocycles. The van der Waals surface area contributed by atoms with E-state index in [1.54, 1.807) is 19.3 Å². The Balaban J connectivity index is 1.24. The van der Waals surface area contributed by atoms with E-state index in [-0.39, 0.29) is 29.8 Å². The molecule has 2 saturated carbocycles. The van der Waals surface area contributed by atoms with Gasteiger partial charge in [-0.2, -0.15) is 0 Å². The molecule has 44 heavy (non-hydrogen) atoms. The number of allylic oxidation sites excluding steroid dienone is 1. The summed E-state index contributed by atoms with van der Waals surface area (Å²) in [7, 11) is 1.66. The largest absolute Gasteiger partial charge is 0.494 e. The molecule has 2 amide bonds. The second-order valence-electron chi connectivity index (χ2n) is 13.1. The number of benzene rings is 1. The van der Waals surface area contributed by atoms with Crippen LogP contribution in [0.5, 0.6) is 5.75 Å². The minimum absolute atomic E-state index is 0.00637. The number of fused-ring (bicyclic) bond motifs is 4. The monoisotopic (exact) mass is 593 g/mol. The van der Waals surface area contributed by atoms with Crippen molar-refractivity contribution in [2.75, 3.05) is 26.7 Å². The zero-order chi connectivity index (χ0) is 30.1. The predicted molar refractivity (Wildman–Crippen MR) is 168 cm³/mol. The molecule has 1 aromatic carbocycles. The maximum atomic E-state index is 13.9. The molecule has 4 fully saturated rings. The molecule has 2 bridgehead atoms. The Labute approximate surface area is 256 Å². The number of likely N-dealkylation sites (tertiary alicyclic amines) is 2. The lowest BCUT2D eigenvalue weighted by atomic mass is 9.99. The number of amides is 2. The quantitative estimate of drug-likeness (QED) is 0.309. The van der Waals surface area contributed by atoms with E-state index in [0.29, 0.717) is 49.3 Å². The number of hydrogen-bond donors (Lipinski definition) is 1. The summed E-state index contributed by atoms with van der Waals surface area (Å²) in [5, 5.41) is 1.08. The predicted octanol–water partition coefficient (Wildman–Crippen LogP) is 4.07. The number of methoxy groups -OCH3 is 1. The second kappa shape index (κ2) is 10.5. The highest BCUT2D eigenvalue weighted by Crippen LogP contribution is 2.41.